The Labute approximate surface area is 62.7 Å². The summed E-state index contributed by atoms with van der Waals surface area (Å²) in [4.78, 5) is 8.60. The molecule has 0 fully saturated rings. The lowest BCUT2D eigenvalue weighted by Crippen LogP contribution is -2.34. The van der Waals surface area contributed by atoms with Gasteiger partial charge in [0.05, 0.1) is 0 Å². The van der Waals surface area contributed by atoms with Crippen LogP contribution in [-0.4, -0.2) is 15.4 Å². The minimum absolute atomic E-state index is 0.557. The maximum atomic E-state index is 11.0. The van der Waals surface area contributed by atoms with Gasteiger partial charge >= 0.3 is 0 Å². The Morgan fingerprint density at radius 2 is 1.50 bits per heavy atom. The molecule has 0 radical (unpaired) electrons. The van der Waals surface area contributed by atoms with Gasteiger partial charge < -0.3 is 4.55 Å². The molecule has 0 aliphatic rings. The fourth-order valence-corrected chi connectivity index (χ4v) is 1.14. The maximum absolute atomic E-state index is 11.0. The summed E-state index contributed by atoms with van der Waals surface area (Å²) in [6.45, 7) is 3.15. The van der Waals surface area contributed by atoms with E-state index in [1.807, 2.05) is 0 Å². The van der Waals surface area contributed by atoms with Crippen LogP contribution in [0.2, 0.25) is 0 Å². The summed E-state index contributed by atoms with van der Waals surface area (Å²) in [6, 6.07) is 0. The molecule has 0 aliphatic heterocycles. The number of nitrogens with two attached hydrogens (primary N) is 2. The highest BCUT2D eigenvalue weighted by atomic mass is 32.2. The number of rotatable bonds is 4. The van der Waals surface area contributed by atoms with Gasteiger partial charge in [0.25, 0.3) is 0 Å². The predicted molar refractivity (Wildman–Crippen MR) is 37.6 cm³/mol. The highest BCUT2D eigenvalue weighted by molar-refractivity contribution is 7.92. The molecule has 62 valence electrons. The third kappa shape index (κ3) is 2.82. The Balaban J connectivity index is 3.69. The lowest BCUT2D eigenvalue weighted by atomic mass is 10.8. The topological polar surface area (TPSA) is 93.6 Å². The van der Waals surface area contributed by atoms with Crippen LogP contribution in [-0.2, 0) is 20.9 Å². The molecule has 0 aromatic heterocycles. The first-order valence-corrected chi connectivity index (χ1v) is 4.01. The van der Waals surface area contributed by atoms with Crippen molar-refractivity contribution in [3.63, 3.8) is 0 Å². The summed E-state index contributed by atoms with van der Waals surface area (Å²) in [5.41, 5.74) is -1.11. The van der Waals surface area contributed by atoms with Crippen molar-refractivity contribution in [2.75, 3.05) is 0 Å². The van der Waals surface area contributed by atoms with Gasteiger partial charge in [0, 0.05) is 25.0 Å². The standard InChI is InChI=1S/C4H12N2O3S/c1-3(8-5)10(7)4(2)9-6/h3-4H,5-6H2,1-2H3. The first-order chi connectivity index (χ1) is 4.63. The van der Waals surface area contributed by atoms with Crippen LogP contribution in [0.3, 0.4) is 0 Å². The number of hydrogen-bond acceptors (Lipinski definition) is 5. The summed E-state index contributed by atoms with van der Waals surface area (Å²) in [5.74, 6) is 9.55. The summed E-state index contributed by atoms with van der Waals surface area (Å²) >= 11 is -1.30. The van der Waals surface area contributed by atoms with Gasteiger partial charge in [-0.3, -0.25) is 9.68 Å². The predicted octanol–water partition coefficient (Wildman–Crippen LogP) is -0.792. The summed E-state index contributed by atoms with van der Waals surface area (Å²) in [7, 11) is 0. The molecule has 0 aromatic carbocycles. The minimum atomic E-state index is -1.30. The molecule has 0 aromatic rings. The van der Waals surface area contributed by atoms with Crippen LogP contribution < -0.4 is 11.8 Å². The second-order valence-electron chi connectivity index (χ2n) is 1.74. The van der Waals surface area contributed by atoms with Crippen molar-refractivity contribution in [1.29, 1.82) is 0 Å². The highest BCUT2D eigenvalue weighted by Crippen LogP contribution is 2.08. The van der Waals surface area contributed by atoms with Gasteiger partial charge in [0.2, 0.25) is 10.9 Å². The van der Waals surface area contributed by atoms with Crippen molar-refractivity contribution in [3.05, 3.63) is 0 Å². The second-order valence-corrected chi connectivity index (χ2v) is 3.72. The van der Waals surface area contributed by atoms with Crippen molar-refractivity contribution in [1.82, 2.24) is 0 Å². The van der Waals surface area contributed by atoms with Gasteiger partial charge in [0.15, 0.2) is 0 Å². The molecule has 0 heterocycles. The van der Waals surface area contributed by atoms with Crippen molar-refractivity contribution in [2.24, 2.45) is 11.8 Å². The molecule has 2 atom stereocenters. The largest absolute Gasteiger partial charge is 0.612 e. The van der Waals surface area contributed by atoms with Crippen LogP contribution in [0.5, 0.6) is 0 Å². The molecule has 0 bridgehead atoms. The van der Waals surface area contributed by atoms with E-state index in [0.29, 0.717) is 0 Å². The molecule has 4 N–H and O–H groups in total. The quantitative estimate of drug-likeness (QED) is 0.423. The minimum Gasteiger partial charge on any atom is -0.612 e. The van der Waals surface area contributed by atoms with Crippen LogP contribution in [0.1, 0.15) is 13.8 Å². The average Bonchev–Trinajstić information content (AvgIpc) is 2.00. The first-order valence-electron chi connectivity index (χ1n) is 2.74. The van der Waals surface area contributed by atoms with Crippen molar-refractivity contribution >= 4 is 11.2 Å². The summed E-state index contributed by atoms with van der Waals surface area (Å²) in [6.07, 6.45) is 0. The normalized spacial score (nSPS) is 20.1. The summed E-state index contributed by atoms with van der Waals surface area (Å²) < 4.78 is 11.0. The van der Waals surface area contributed by atoms with E-state index in [4.69, 9.17) is 11.8 Å². The fourth-order valence-electron chi connectivity index (χ4n) is 0.379. The van der Waals surface area contributed by atoms with E-state index < -0.39 is 22.0 Å². The second kappa shape index (κ2) is 4.89. The first kappa shape index (κ1) is 10.2. The third-order valence-electron chi connectivity index (χ3n) is 1.04. The van der Waals surface area contributed by atoms with Crippen LogP contribution in [0.4, 0.5) is 0 Å². The Bertz CT molecular complexity index is 84.6. The van der Waals surface area contributed by atoms with Gasteiger partial charge in [-0.15, -0.1) is 0 Å². The van der Waals surface area contributed by atoms with Crippen LogP contribution in [0.25, 0.3) is 0 Å². The van der Waals surface area contributed by atoms with Crippen molar-refractivity contribution in [2.45, 2.75) is 24.7 Å². The Morgan fingerprint density at radius 3 is 1.70 bits per heavy atom. The van der Waals surface area contributed by atoms with E-state index in [9.17, 15) is 4.55 Å². The van der Waals surface area contributed by atoms with Gasteiger partial charge in [-0.05, 0) is 0 Å². The molecule has 0 aliphatic carbocycles. The lowest BCUT2D eigenvalue weighted by molar-refractivity contribution is 0.0928. The van der Waals surface area contributed by atoms with E-state index in [-0.39, 0.29) is 0 Å². The molecule has 0 saturated carbocycles. The highest BCUT2D eigenvalue weighted by Gasteiger charge is 2.24. The molecule has 0 saturated heterocycles. The zero-order valence-corrected chi connectivity index (χ0v) is 6.76. The van der Waals surface area contributed by atoms with E-state index >= 15 is 0 Å². The molecule has 2 unspecified atom stereocenters. The molecular weight excluding hydrogens is 156 g/mol. The monoisotopic (exact) mass is 168 g/mol. The molecular formula is C4H12N2O3S. The van der Waals surface area contributed by atoms with E-state index in [1.54, 1.807) is 13.8 Å². The molecule has 0 rings (SSSR count). The maximum Gasteiger partial charge on any atom is 0.232 e. The van der Waals surface area contributed by atoms with Crippen LogP contribution in [0.15, 0.2) is 0 Å². The lowest BCUT2D eigenvalue weighted by Gasteiger charge is -2.19. The Kier molecular flexibility index (Phi) is 4.96. The number of hydrogen-bond donors (Lipinski definition) is 2. The van der Waals surface area contributed by atoms with E-state index in [1.165, 1.54) is 0 Å². The molecule has 10 heavy (non-hydrogen) atoms. The van der Waals surface area contributed by atoms with E-state index in [2.05, 4.69) is 9.68 Å². The van der Waals surface area contributed by atoms with Gasteiger partial charge in [-0.2, -0.15) is 0 Å². The molecule has 5 nitrogen and oxygen atoms in total. The zero-order valence-electron chi connectivity index (χ0n) is 5.94. The van der Waals surface area contributed by atoms with Gasteiger partial charge in [-0.1, -0.05) is 0 Å². The third-order valence-corrected chi connectivity index (χ3v) is 2.57. The summed E-state index contributed by atoms with van der Waals surface area (Å²) in [5, 5.41) is 0. The molecule has 0 amide bonds. The van der Waals surface area contributed by atoms with E-state index in [0.717, 1.165) is 0 Å². The molecule has 6 heteroatoms. The Hall–Kier alpha value is 0.150. The van der Waals surface area contributed by atoms with Crippen LogP contribution >= 0.6 is 0 Å². The smallest absolute Gasteiger partial charge is 0.232 e. The fraction of sp³-hybridized carbons (Fsp3) is 1.00. The van der Waals surface area contributed by atoms with Gasteiger partial charge in [0.1, 0.15) is 0 Å². The Morgan fingerprint density at radius 1 is 1.20 bits per heavy atom. The van der Waals surface area contributed by atoms with Crippen molar-refractivity contribution in [3.8, 4) is 0 Å². The SMILES string of the molecule is CC(ON)[S+]([O-])C(C)ON. The van der Waals surface area contributed by atoms with Crippen molar-refractivity contribution < 1.29 is 14.2 Å². The molecule has 0 spiro atoms. The van der Waals surface area contributed by atoms with Crippen LogP contribution in [0, 0.1) is 0 Å². The zero-order chi connectivity index (χ0) is 8.15. The average molecular weight is 168 g/mol. The van der Waals surface area contributed by atoms with Gasteiger partial charge in [-0.25, -0.2) is 11.8 Å².